The van der Waals surface area contributed by atoms with Gasteiger partial charge in [0.2, 0.25) is 0 Å². The van der Waals surface area contributed by atoms with E-state index >= 15 is 0 Å². The normalized spacial score (nSPS) is 12.6. The van der Waals surface area contributed by atoms with Gasteiger partial charge in [-0.2, -0.15) is 0 Å². The highest BCUT2D eigenvalue weighted by Gasteiger charge is 2.28. The van der Waals surface area contributed by atoms with Gasteiger partial charge in [0, 0.05) is 17.3 Å². The highest BCUT2D eigenvalue weighted by molar-refractivity contribution is 5.77. The standard InChI is InChI=1S/C22H28FN3/c1-15-10-11-18-24-19(16-8-7-9-17(23)12-16)20(26(18)13-15)25-22(5,6)14-21(2,3)4/h7-13,25H,14H2,1-6H3. The number of nitrogens with zero attached hydrogens (tertiary/aromatic N) is 2. The lowest BCUT2D eigenvalue weighted by Crippen LogP contribution is -2.36. The summed E-state index contributed by atoms with van der Waals surface area (Å²) in [6.07, 6.45) is 3.06. The molecule has 3 nitrogen and oxygen atoms in total. The van der Waals surface area contributed by atoms with E-state index in [0.29, 0.717) is 0 Å². The van der Waals surface area contributed by atoms with E-state index in [2.05, 4.69) is 57.5 Å². The molecule has 1 aromatic carbocycles. The van der Waals surface area contributed by atoms with Gasteiger partial charge in [-0.3, -0.25) is 4.40 Å². The first-order valence-corrected chi connectivity index (χ1v) is 9.07. The van der Waals surface area contributed by atoms with Crippen LogP contribution in [-0.2, 0) is 0 Å². The Kier molecular flexibility index (Phi) is 4.55. The van der Waals surface area contributed by atoms with Crippen molar-refractivity contribution in [2.75, 3.05) is 5.32 Å². The van der Waals surface area contributed by atoms with Crippen LogP contribution in [0, 0.1) is 18.2 Å². The molecular formula is C22H28FN3. The van der Waals surface area contributed by atoms with E-state index in [1.54, 1.807) is 6.07 Å². The van der Waals surface area contributed by atoms with Gasteiger partial charge in [0.05, 0.1) is 0 Å². The number of rotatable bonds is 4. The van der Waals surface area contributed by atoms with Crippen molar-refractivity contribution in [1.82, 2.24) is 9.38 Å². The van der Waals surface area contributed by atoms with Gasteiger partial charge >= 0.3 is 0 Å². The second-order valence-corrected chi connectivity index (χ2v) is 9.00. The van der Waals surface area contributed by atoms with E-state index in [-0.39, 0.29) is 16.8 Å². The van der Waals surface area contributed by atoms with E-state index in [1.165, 1.54) is 12.1 Å². The third-order valence-corrected chi connectivity index (χ3v) is 4.29. The Hall–Kier alpha value is -2.36. The van der Waals surface area contributed by atoms with Crippen LogP contribution >= 0.6 is 0 Å². The molecule has 3 aromatic rings. The zero-order valence-electron chi connectivity index (χ0n) is 16.5. The molecule has 0 bridgehead atoms. The second kappa shape index (κ2) is 6.42. The number of halogens is 1. The third kappa shape index (κ3) is 4.06. The van der Waals surface area contributed by atoms with Crippen LogP contribution in [0.4, 0.5) is 10.2 Å². The van der Waals surface area contributed by atoms with Crippen molar-refractivity contribution < 1.29 is 4.39 Å². The molecule has 0 unspecified atom stereocenters. The molecule has 3 rings (SSSR count). The minimum absolute atomic E-state index is 0.139. The summed E-state index contributed by atoms with van der Waals surface area (Å²) in [7, 11) is 0. The minimum Gasteiger partial charge on any atom is -0.364 e. The van der Waals surface area contributed by atoms with Crippen LogP contribution in [0.1, 0.15) is 46.6 Å². The first-order chi connectivity index (χ1) is 12.0. The van der Waals surface area contributed by atoms with Gasteiger partial charge in [-0.25, -0.2) is 9.37 Å². The molecule has 0 aliphatic carbocycles. The molecule has 4 heteroatoms. The minimum atomic E-state index is -0.254. The zero-order chi connectivity index (χ0) is 19.1. The van der Waals surface area contributed by atoms with Gasteiger partial charge in [-0.1, -0.05) is 39.0 Å². The molecule has 26 heavy (non-hydrogen) atoms. The molecule has 0 fully saturated rings. The molecular weight excluding hydrogens is 325 g/mol. The highest BCUT2D eigenvalue weighted by atomic mass is 19.1. The topological polar surface area (TPSA) is 29.3 Å². The molecule has 0 saturated heterocycles. The lowest BCUT2D eigenvalue weighted by atomic mass is 9.82. The average Bonchev–Trinajstić information content (AvgIpc) is 2.82. The van der Waals surface area contributed by atoms with Crippen LogP contribution in [0.5, 0.6) is 0 Å². The van der Waals surface area contributed by atoms with Crippen molar-refractivity contribution in [2.24, 2.45) is 5.41 Å². The number of aryl methyl sites for hydroxylation is 1. The number of pyridine rings is 1. The summed E-state index contributed by atoms with van der Waals surface area (Å²) in [5, 5.41) is 3.69. The molecule has 2 aromatic heterocycles. The van der Waals surface area contributed by atoms with Crippen LogP contribution in [0.25, 0.3) is 16.9 Å². The predicted molar refractivity (Wildman–Crippen MR) is 107 cm³/mol. The molecule has 2 heterocycles. The van der Waals surface area contributed by atoms with Crippen LogP contribution in [0.15, 0.2) is 42.6 Å². The predicted octanol–water partition coefficient (Wildman–Crippen LogP) is 6.08. The van der Waals surface area contributed by atoms with Crippen molar-refractivity contribution in [3.05, 3.63) is 54.0 Å². The third-order valence-electron chi connectivity index (χ3n) is 4.29. The Bertz CT molecular complexity index is 932. The number of benzene rings is 1. The van der Waals surface area contributed by atoms with Gasteiger partial charge in [0.15, 0.2) is 0 Å². The Morgan fingerprint density at radius 3 is 2.46 bits per heavy atom. The van der Waals surface area contributed by atoms with E-state index in [0.717, 1.165) is 34.7 Å². The number of aromatic nitrogens is 2. The number of hydrogen-bond acceptors (Lipinski definition) is 2. The van der Waals surface area contributed by atoms with Gasteiger partial charge in [-0.15, -0.1) is 0 Å². The fourth-order valence-electron chi connectivity index (χ4n) is 3.80. The lowest BCUT2D eigenvalue weighted by molar-refractivity contribution is 0.302. The van der Waals surface area contributed by atoms with Gasteiger partial charge in [0.1, 0.15) is 23.0 Å². The van der Waals surface area contributed by atoms with Gasteiger partial charge in [0.25, 0.3) is 0 Å². The quantitative estimate of drug-likeness (QED) is 0.616. The zero-order valence-corrected chi connectivity index (χ0v) is 16.5. The molecule has 1 N–H and O–H groups in total. The van der Waals surface area contributed by atoms with Crippen molar-refractivity contribution in [2.45, 2.75) is 53.5 Å². The van der Waals surface area contributed by atoms with E-state index in [9.17, 15) is 4.39 Å². The SMILES string of the molecule is Cc1ccc2nc(-c3cccc(F)c3)c(NC(C)(C)CC(C)(C)C)n2c1. The fraction of sp³-hybridized carbons (Fsp3) is 0.409. The monoisotopic (exact) mass is 353 g/mol. The van der Waals surface area contributed by atoms with E-state index < -0.39 is 0 Å². The van der Waals surface area contributed by atoms with Crippen molar-refractivity contribution in [1.29, 1.82) is 0 Å². The summed E-state index contributed by atoms with van der Waals surface area (Å²) in [4.78, 5) is 4.78. The molecule has 0 radical (unpaired) electrons. The molecule has 0 saturated carbocycles. The van der Waals surface area contributed by atoms with E-state index in [1.807, 2.05) is 18.2 Å². The van der Waals surface area contributed by atoms with Crippen molar-refractivity contribution >= 4 is 11.5 Å². The summed E-state index contributed by atoms with van der Waals surface area (Å²) < 4.78 is 15.9. The number of anilines is 1. The Morgan fingerprint density at radius 1 is 1.08 bits per heavy atom. The van der Waals surface area contributed by atoms with Gasteiger partial charge in [-0.05, 0) is 56.4 Å². The Morgan fingerprint density at radius 2 is 1.81 bits per heavy atom. The number of imidazole rings is 1. The van der Waals surface area contributed by atoms with Crippen LogP contribution < -0.4 is 5.32 Å². The number of hydrogen-bond donors (Lipinski definition) is 1. The summed E-state index contributed by atoms with van der Waals surface area (Å²) >= 11 is 0. The maximum atomic E-state index is 13.8. The smallest absolute Gasteiger partial charge is 0.139 e. The molecule has 0 atom stereocenters. The molecule has 0 aliphatic heterocycles. The Balaban J connectivity index is 2.15. The number of fused-ring (bicyclic) bond motifs is 1. The fourth-order valence-corrected chi connectivity index (χ4v) is 3.80. The second-order valence-electron chi connectivity index (χ2n) is 9.00. The number of nitrogens with one attached hydrogen (secondary N) is 1. The summed E-state index contributed by atoms with van der Waals surface area (Å²) in [6.45, 7) is 13.2. The molecule has 0 spiro atoms. The van der Waals surface area contributed by atoms with Crippen molar-refractivity contribution in [3.63, 3.8) is 0 Å². The van der Waals surface area contributed by atoms with Crippen LogP contribution in [0.3, 0.4) is 0 Å². The summed E-state index contributed by atoms with van der Waals surface area (Å²) in [5.41, 5.74) is 3.60. The Labute approximate surface area is 155 Å². The van der Waals surface area contributed by atoms with Crippen LogP contribution in [0.2, 0.25) is 0 Å². The first-order valence-electron chi connectivity index (χ1n) is 9.07. The van der Waals surface area contributed by atoms with Crippen molar-refractivity contribution in [3.8, 4) is 11.3 Å². The molecule has 138 valence electrons. The summed E-state index contributed by atoms with van der Waals surface area (Å²) in [6, 6.07) is 10.7. The molecule has 0 amide bonds. The van der Waals surface area contributed by atoms with Gasteiger partial charge < -0.3 is 5.32 Å². The highest BCUT2D eigenvalue weighted by Crippen LogP contribution is 2.35. The maximum Gasteiger partial charge on any atom is 0.139 e. The summed E-state index contributed by atoms with van der Waals surface area (Å²) in [5.74, 6) is 0.652. The first kappa shape index (κ1) is 18.4. The van der Waals surface area contributed by atoms with E-state index in [4.69, 9.17) is 4.98 Å². The maximum absolute atomic E-state index is 13.8. The average molecular weight is 353 g/mol. The van der Waals surface area contributed by atoms with Crippen LogP contribution in [-0.4, -0.2) is 14.9 Å². The molecule has 0 aliphatic rings. The lowest BCUT2D eigenvalue weighted by Gasteiger charge is -2.34. The largest absolute Gasteiger partial charge is 0.364 e.